The molecule has 34 heavy (non-hydrogen) atoms. The minimum Gasteiger partial charge on any atom is -0.373 e. The quantitative estimate of drug-likeness (QED) is 0.627. The second kappa shape index (κ2) is 6.97. The third-order valence-electron chi connectivity index (χ3n) is 7.78. The Bertz CT molecular complexity index is 1390. The highest BCUT2D eigenvalue weighted by atomic mass is 19.4. The summed E-state index contributed by atoms with van der Waals surface area (Å²) >= 11 is 0. The van der Waals surface area contributed by atoms with Crippen LogP contribution < -0.4 is 11.1 Å². The van der Waals surface area contributed by atoms with Gasteiger partial charge in [-0.2, -0.15) is 18.3 Å². The monoisotopic (exact) mass is 473 g/mol. The third kappa shape index (κ3) is 2.98. The van der Waals surface area contributed by atoms with Crippen LogP contribution in [-0.4, -0.2) is 37.5 Å². The molecule has 2 unspecified atom stereocenters. The van der Waals surface area contributed by atoms with E-state index in [1.807, 2.05) is 0 Å². The molecule has 3 aromatic rings. The van der Waals surface area contributed by atoms with Gasteiger partial charge in [0.2, 0.25) is 5.56 Å². The van der Waals surface area contributed by atoms with Crippen molar-refractivity contribution in [3.05, 3.63) is 62.3 Å². The molecule has 4 heterocycles. The Morgan fingerprint density at radius 2 is 1.94 bits per heavy atom. The fraction of sp³-hybridized carbons (Fsp3) is 0.522. The number of halogens is 3. The number of alkyl halides is 3. The minimum atomic E-state index is -4.24. The van der Waals surface area contributed by atoms with E-state index in [4.69, 9.17) is 9.72 Å². The minimum absolute atomic E-state index is 0.0158. The van der Waals surface area contributed by atoms with Crippen LogP contribution in [0.15, 0.2) is 34.1 Å². The van der Waals surface area contributed by atoms with Crippen LogP contribution >= 0.6 is 0 Å². The van der Waals surface area contributed by atoms with Crippen LogP contribution in [0.2, 0.25) is 0 Å². The number of aromatic amines is 1. The van der Waals surface area contributed by atoms with Crippen molar-refractivity contribution >= 4 is 10.9 Å². The lowest BCUT2D eigenvalue weighted by Gasteiger charge is -2.70. The third-order valence-corrected chi connectivity index (χ3v) is 7.78. The molecular weight excluding hydrogens is 451 g/mol. The van der Waals surface area contributed by atoms with Crippen LogP contribution in [0.1, 0.15) is 61.2 Å². The first-order valence-corrected chi connectivity index (χ1v) is 11.2. The number of H-pyrrole nitrogens is 1. The van der Waals surface area contributed by atoms with Gasteiger partial charge in [0.15, 0.2) is 0 Å². The van der Waals surface area contributed by atoms with Gasteiger partial charge in [-0.25, -0.2) is 14.6 Å². The maximum absolute atomic E-state index is 13.5. The van der Waals surface area contributed by atoms with Crippen molar-refractivity contribution in [1.82, 2.24) is 24.7 Å². The van der Waals surface area contributed by atoms with Gasteiger partial charge in [0, 0.05) is 42.6 Å². The summed E-state index contributed by atoms with van der Waals surface area (Å²) in [6, 6.07) is 3.14. The summed E-state index contributed by atoms with van der Waals surface area (Å²) in [5.74, 6) is 0.310. The number of aromatic nitrogens is 5. The van der Waals surface area contributed by atoms with Crippen LogP contribution in [0, 0.1) is 5.41 Å². The number of ether oxygens (including phenoxy) is 1. The molecule has 3 aromatic heterocycles. The lowest BCUT2D eigenvalue weighted by atomic mass is 9.33. The highest BCUT2D eigenvalue weighted by molar-refractivity contribution is 5.81. The highest BCUT2D eigenvalue weighted by Crippen LogP contribution is 2.78. The molecule has 3 aliphatic carbocycles. The van der Waals surface area contributed by atoms with E-state index in [0.29, 0.717) is 36.4 Å². The molecule has 0 aromatic carbocycles. The summed E-state index contributed by atoms with van der Waals surface area (Å²) in [6.45, 7) is 0.432. The average Bonchev–Trinajstić information content (AvgIpc) is 2.74. The molecular formula is C23H22F3N5O3. The number of rotatable bonds is 3. The molecule has 4 aliphatic rings. The fourth-order valence-corrected chi connectivity index (χ4v) is 5.94. The molecule has 2 bridgehead atoms. The zero-order valence-electron chi connectivity index (χ0n) is 18.4. The number of fused-ring (bicyclic) bond motifs is 1. The van der Waals surface area contributed by atoms with Crippen molar-refractivity contribution in [2.75, 3.05) is 6.61 Å². The molecule has 1 saturated heterocycles. The van der Waals surface area contributed by atoms with Crippen LogP contribution in [0.4, 0.5) is 13.2 Å². The van der Waals surface area contributed by atoms with Crippen LogP contribution in [-0.2, 0) is 17.2 Å². The largest absolute Gasteiger partial charge is 0.394 e. The van der Waals surface area contributed by atoms with Gasteiger partial charge < -0.3 is 9.72 Å². The standard InChI is InChI=1S/C23H22F3N5O3/c1-31-20(33)17-14(8-28-31)18(21-9-22(10-21,11-21)23(24,25)26)30-19(29-17)12-4-5-34-15(6-12)13-2-3-16(32)27-7-13/h2-3,7-8,12,15H,4-6,9-11H2,1H3,(H,27,32). The summed E-state index contributed by atoms with van der Waals surface area (Å²) < 4.78 is 47.6. The molecule has 2 atom stereocenters. The van der Waals surface area contributed by atoms with E-state index in [1.54, 1.807) is 12.3 Å². The van der Waals surface area contributed by atoms with Gasteiger partial charge in [-0.3, -0.25) is 9.59 Å². The highest BCUT2D eigenvalue weighted by Gasteiger charge is 2.79. The van der Waals surface area contributed by atoms with E-state index in [9.17, 15) is 22.8 Å². The second-order valence-corrected chi connectivity index (χ2v) is 9.92. The first kappa shape index (κ1) is 21.5. The van der Waals surface area contributed by atoms with Gasteiger partial charge in [0.1, 0.15) is 11.3 Å². The molecule has 1 N–H and O–H groups in total. The molecule has 1 aliphatic heterocycles. The molecule has 178 valence electrons. The zero-order valence-corrected chi connectivity index (χ0v) is 18.4. The molecule has 4 fully saturated rings. The molecule has 11 heteroatoms. The van der Waals surface area contributed by atoms with Gasteiger partial charge in [0.05, 0.1) is 23.4 Å². The summed E-state index contributed by atoms with van der Waals surface area (Å²) in [7, 11) is 1.52. The fourth-order valence-electron chi connectivity index (χ4n) is 5.94. The SMILES string of the molecule is Cn1ncc2c(C34CC(C(F)(F)F)(C3)C4)nc(C3CCOC(c4ccc(=O)[nH]c4)C3)nc2c1=O. The van der Waals surface area contributed by atoms with Crippen molar-refractivity contribution in [3.8, 4) is 0 Å². The lowest BCUT2D eigenvalue weighted by molar-refractivity contribution is -0.337. The summed E-state index contributed by atoms with van der Waals surface area (Å²) in [4.78, 5) is 36.3. The molecule has 0 spiro atoms. The number of hydrogen-bond acceptors (Lipinski definition) is 6. The number of nitrogens with zero attached hydrogens (tertiary/aromatic N) is 4. The van der Waals surface area contributed by atoms with Gasteiger partial charge in [-0.1, -0.05) is 0 Å². The normalized spacial score (nSPS) is 30.6. The van der Waals surface area contributed by atoms with Gasteiger partial charge in [0.25, 0.3) is 5.56 Å². The van der Waals surface area contributed by atoms with E-state index < -0.39 is 22.6 Å². The lowest BCUT2D eigenvalue weighted by Crippen LogP contribution is -2.70. The molecule has 0 amide bonds. The Balaban J connectivity index is 1.40. The van der Waals surface area contributed by atoms with E-state index in [2.05, 4.69) is 15.1 Å². The topological polar surface area (TPSA) is 103 Å². The Hall–Kier alpha value is -3.08. The first-order valence-electron chi connectivity index (χ1n) is 11.2. The van der Waals surface area contributed by atoms with Crippen LogP contribution in [0.5, 0.6) is 0 Å². The predicted molar refractivity (Wildman–Crippen MR) is 114 cm³/mol. The van der Waals surface area contributed by atoms with E-state index in [0.717, 1.165) is 5.56 Å². The Morgan fingerprint density at radius 1 is 1.18 bits per heavy atom. The van der Waals surface area contributed by atoms with Crippen LogP contribution in [0.3, 0.4) is 0 Å². The summed E-state index contributed by atoms with van der Waals surface area (Å²) in [6.07, 6.45) is -0.321. The molecule has 3 saturated carbocycles. The molecule has 8 nitrogen and oxygen atoms in total. The summed E-state index contributed by atoms with van der Waals surface area (Å²) in [5.41, 5.74) is -1.42. The van der Waals surface area contributed by atoms with Crippen LogP contribution in [0.25, 0.3) is 10.9 Å². The van der Waals surface area contributed by atoms with Crippen molar-refractivity contribution in [2.24, 2.45) is 12.5 Å². The first-order chi connectivity index (χ1) is 16.1. The van der Waals surface area contributed by atoms with Gasteiger partial charge in [-0.15, -0.1) is 0 Å². The number of nitrogens with one attached hydrogen (secondary N) is 1. The molecule has 0 radical (unpaired) electrons. The van der Waals surface area contributed by atoms with Crippen molar-refractivity contribution < 1.29 is 17.9 Å². The van der Waals surface area contributed by atoms with Gasteiger partial charge in [-0.05, 0) is 43.7 Å². The smallest absolute Gasteiger partial charge is 0.373 e. The Labute approximate surface area is 191 Å². The van der Waals surface area contributed by atoms with Crippen molar-refractivity contribution in [3.63, 3.8) is 0 Å². The number of pyridine rings is 1. The Kier molecular flexibility index (Phi) is 4.40. The Morgan fingerprint density at radius 3 is 2.62 bits per heavy atom. The maximum atomic E-state index is 13.5. The zero-order chi connectivity index (χ0) is 23.9. The summed E-state index contributed by atoms with van der Waals surface area (Å²) in [5, 5.41) is 4.51. The number of aryl methyl sites for hydroxylation is 1. The maximum Gasteiger partial charge on any atom is 0.394 e. The van der Waals surface area contributed by atoms with E-state index >= 15 is 0 Å². The van der Waals surface area contributed by atoms with E-state index in [-0.39, 0.29) is 42.4 Å². The predicted octanol–water partition coefficient (Wildman–Crippen LogP) is 3.03. The van der Waals surface area contributed by atoms with E-state index in [1.165, 1.54) is 24.0 Å². The average molecular weight is 473 g/mol. The van der Waals surface area contributed by atoms with Crippen molar-refractivity contribution in [2.45, 2.75) is 55.7 Å². The molecule has 7 rings (SSSR count). The number of hydrogen-bond donors (Lipinski definition) is 1. The van der Waals surface area contributed by atoms with Gasteiger partial charge >= 0.3 is 6.18 Å². The second-order valence-electron chi connectivity index (χ2n) is 9.92. The van der Waals surface area contributed by atoms with Crippen molar-refractivity contribution in [1.29, 1.82) is 0 Å².